The molecule has 0 radical (unpaired) electrons. The Hall–Kier alpha value is -1.33. The highest BCUT2D eigenvalue weighted by atomic mass is 32.2. The Morgan fingerprint density at radius 2 is 2.18 bits per heavy atom. The molecule has 0 aliphatic carbocycles. The van der Waals surface area contributed by atoms with Gasteiger partial charge in [-0.25, -0.2) is 4.68 Å². The van der Waals surface area contributed by atoms with E-state index in [0.717, 1.165) is 24.2 Å². The number of aliphatic hydroxyl groups excluding tert-OH is 1. The first-order valence-corrected chi connectivity index (χ1v) is 6.73. The van der Waals surface area contributed by atoms with Gasteiger partial charge in [0.15, 0.2) is 0 Å². The number of hydrogen-bond donors (Lipinski definition) is 1. The van der Waals surface area contributed by atoms with Crippen molar-refractivity contribution in [3.05, 3.63) is 36.2 Å². The van der Waals surface area contributed by atoms with E-state index in [0.29, 0.717) is 0 Å². The SMILES string of the molecule is CSc1ccccc1-n1cc(CCCO)nn1. The second kappa shape index (κ2) is 5.84. The molecule has 0 amide bonds. The number of nitrogens with zero attached hydrogens (tertiary/aromatic N) is 3. The molecule has 5 heteroatoms. The van der Waals surface area contributed by atoms with E-state index in [4.69, 9.17) is 5.11 Å². The summed E-state index contributed by atoms with van der Waals surface area (Å²) < 4.78 is 1.79. The van der Waals surface area contributed by atoms with E-state index in [1.54, 1.807) is 16.4 Å². The van der Waals surface area contributed by atoms with Crippen molar-refractivity contribution in [2.24, 2.45) is 0 Å². The highest BCUT2D eigenvalue weighted by Gasteiger charge is 2.06. The smallest absolute Gasteiger partial charge is 0.0832 e. The molecule has 1 aromatic carbocycles. The molecule has 0 saturated heterocycles. The number of benzene rings is 1. The van der Waals surface area contributed by atoms with Crippen LogP contribution >= 0.6 is 11.8 Å². The minimum Gasteiger partial charge on any atom is -0.396 e. The number of hydrogen-bond acceptors (Lipinski definition) is 4. The number of para-hydroxylation sites is 1. The highest BCUT2D eigenvalue weighted by Crippen LogP contribution is 2.22. The van der Waals surface area contributed by atoms with Crippen LogP contribution in [-0.4, -0.2) is 33.0 Å². The van der Waals surface area contributed by atoms with Crippen LogP contribution in [0.25, 0.3) is 5.69 Å². The van der Waals surface area contributed by atoms with E-state index in [9.17, 15) is 0 Å². The zero-order valence-corrected chi connectivity index (χ0v) is 10.5. The molecular weight excluding hydrogens is 234 g/mol. The molecule has 0 saturated carbocycles. The van der Waals surface area contributed by atoms with Gasteiger partial charge in [-0.3, -0.25) is 0 Å². The Balaban J connectivity index is 2.24. The molecule has 0 spiro atoms. The number of aryl methyl sites for hydroxylation is 1. The van der Waals surface area contributed by atoms with Gasteiger partial charge >= 0.3 is 0 Å². The Morgan fingerprint density at radius 3 is 2.94 bits per heavy atom. The van der Waals surface area contributed by atoms with Crippen molar-refractivity contribution < 1.29 is 5.11 Å². The van der Waals surface area contributed by atoms with Crippen LogP contribution in [0.15, 0.2) is 35.4 Å². The lowest BCUT2D eigenvalue weighted by Gasteiger charge is -2.05. The van der Waals surface area contributed by atoms with Crippen molar-refractivity contribution >= 4 is 11.8 Å². The monoisotopic (exact) mass is 249 g/mol. The van der Waals surface area contributed by atoms with E-state index < -0.39 is 0 Å². The van der Waals surface area contributed by atoms with Gasteiger partial charge in [0, 0.05) is 11.5 Å². The third kappa shape index (κ3) is 2.87. The molecule has 0 unspecified atom stereocenters. The molecule has 2 aromatic rings. The molecule has 90 valence electrons. The molecule has 1 heterocycles. The van der Waals surface area contributed by atoms with Gasteiger partial charge in [-0.1, -0.05) is 17.3 Å². The maximum Gasteiger partial charge on any atom is 0.0832 e. The summed E-state index contributed by atoms with van der Waals surface area (Å²) in [4.78, 5) is 1.17. The van der Waals surface area contributed by atoms with Crippen LogP contribution in [0, 0.1) is 0 Å². The first kappa shape index (κ1) is 12.1. The van der Waals surface area contributed by atoms with Crippen LogP contribution in [0.3, 0.4) is 0 Å². The molecule has 1 aromatic heterocycles. The number of rotatable bonds is 5. The van der Waals surface area contributed by atoms with Gasteiger partial charge < -0.3 is 5.11 Å². The summed E-state index contributed by atoms with van der Waals surface area (Å²) in [6, 6.07) is 8.09. The van der Waals surface area contributed by atoms with Crippen LogP contribution < -0.4 is 0 Å². The molecule has 0 atom stereocenters. The van der Waals surface area contributed by atoms with E-state index in [1.807, 2.05) is 30.7 Å². The third-order valence-electron chi connectivity index (χ3n) is 2.46. The lowest BCUT2D eigenvalue weighted by molar-refractivity contribution is 0.288. The topological polar surface area (TPSA) is 50.9 Å². The van der Waals surface area contributed by atoms with Crippen LogP contribution in [-0.2, 0) is 6.42 Å². The van der Waals surface area contributed by atoms with Crippen molar-refractivity contribution in [2.75, 3.05) is 12.9 Å². The summed E-state index contributed by atoms with van der Waals surface area (Å²) >= 11 is 1.69. The van der Waals surface area contributed by atoms with Crippen LogP contribution in [0.2, 0.25) is 0 Å². The average Bonchev–Trinajstić information content (AvgIpc) is 2.85. The van der Waals surface area contributed by atoms with Gasteiger partial charge in [0.2, 0.25) is 0 Å². The van der Waals surface area contributed by atoms with Crippen molar-refractivity contribution in [3.8, 4) is 5.69 Å². The molecule has 4 nitrogen and oxygen atoms in total. The van der Waals surface area contributed by atoms with Crippen molar-refractivity contribution in [1.82, 2.24) is 15.0 Å². The largest absolute Gasteiger partial charge is 0.396 e. The first-order chi connectivity index (χ1) is 8.35. The summed E-state index contributed by atoms with van der Waals surface area (Å²) in [5.41, 5.74) is 1.96. The van der Waals surface area contributed by atoms with Crippen molar-refractivity contribution in [1.29, 1.82) is 0 Å². The second-order valence-corrected chi connectivity index (χ2v) is 4.50. The summed E-state index contributed by atoms with van der Waals surface area (Å²) in [5, 5.41) is 17.0. The van der Waals surface area contributed by atoms with E-state index in [1.165, 1.54) is 4.90 Å². The van der Waals surface area contributed by atoms with E-state index in [-0.39, 0.29) is 6.61 Å². The summed E-state index contributed by atoms with van der Waals surface area (Å²) in [5.74, 6) is 0. The number of thioether (sulfide) groups is 1. The molecule has 0 aliphatic rings. The van der Waals surface area contributed by atoms with Crippen LogP contribution in [0.5, 0.6) is 0 Å². The molecular formula is C12H15N3OS. The number of aromatic nitrogens is 3. The van der Waals surface area contributed by atoms with Crippen molar-refractivity contribution in [3.63, 3.8) is 0 Å². The standard InChI is InChI=1S/C12H15N3OS/c1-17-12-7-3-2-6-11(12)15-9-10(13-14-15)5-4-8-16/h2-3,6-7,9,16H,4-5,8H2,1H3. The minimum absolute atomic E-state index is 0.189. The summed E-state index contributed by atoms with van der Waals surface area (Å²) in [6.45, 7) is 0.189. The lowest BCUT2D eigenvalue weighted by Crippen LogP contribution is -1.96. The lowest BCUT2D eigenvalue weighted by atomic mass is 10.2. The second-order valence-electron chi connectivity index (χ2n) is 3.65. The maximum absolute atomic E-state index is 8.78. The van der Waals surface area contributed by atoms with Crippen LogP contribution in [0.1, 0.15) is 12.1 Å². The predicted octanol–water partition coefficient (Wildman–Crippen LogP) is 1.91. The van der Waals surface area contributed by atoms with E-state index in [2.05, 4.69) is 16.4 Å². The third-order valence-corrected chi connectivity index (χ3v) is 3.25. The number of aliphatic hydroxyl groups is 1. The molecule has 0 bridgehead atoms. The first-order valence-electron chi connectivity index (χ1n) is 5.50. The summed E-state index contributed by atoms with van der Waals surface area (Å²) in [6.07, 6.45) is 5.45. The molecule has 1 N–H and O–H groups in total. The fraction of sp³-hybridized carbons (Fsp3) is 0.333. The van der Waals surface area contributed by atoms with Crippen molar-refractivity contribution in [2.45, 2.75) is 17.7 Å². The van der Waals surface area contributed by atoms with Gasteiger partial charge in [-0.2, -0.15) is 0 Å². The quantitative estimate of drug-likeness (QED) is 0.822. The molecule has 17 heavy (non-hydrogen) atoms. The zero-order chi connectivity index (χ0) is 12.1. The molecule has 2 rings (SSSR count). The Labute approximate surface area is 105 Å². The molecule has 0 fully saturated rings. The summed E-state index contributed by atoms with van der Waals surface area (Å²) in [7, 11) is 0. The van der Waals surface area contributed by atoms with Gasteiger partial charge in [-0.05, 0) is 31.2 Å². The Kier molecular flexibility index (Phi) is 4.17. The average molecular weight is 249 g/mol. The normalized spacial score (nSPS) is 10.7. The zero-order valence-electron chi connectivity index (χ0n) is 9.71. The predicted molar refractivity (Wildman–Crippen MR) is 68.5 cm³/mol. The highest BCUT2D eigenvalue weighted by molar-refractivity contribution is 7.98. The Morgan fingerprint density at radius 1 is 1.35 bits per heavy atom. The van der Waals surface area contributed by atoms with Gasteiger partial charge in [-0.15, -0.1) is 16.9 Å². The van der Waals surface area contributed by atoms with Crippen LogP contribution in [0.4, 0.5) is 0 Å². The Bertz CT molecular complexity index is 484. The minimum atomic E-state index is 0.189. The van der Waals surface area contributed by atoms with Gasteiger partial charge in [0.05, 0.1) is 17.6 Å². The van der Waals surface area contributed by atoms with Gasteiger partial charge in [0.1, 0.15) is 0 Å². The van der Waals surface area contributed by atoms with Gasteiger partial charge in [0.25, 0.3) is 0 Å². The molecule has 0 aliphatic heterocycles. The maximum atomic E-state index is 8.78. The van der Waals surface area contributed by atoms with E-state index >= 15 is 0 Å². The fourth-order valence-electron chi connectivity index (χ4n) is 1.61. The fourth-order valence-corrected chi connectivity index (χ4v) is 2.20.